The number of fused-ring (bicyclic) bond motifs is 5. The van der Waals surface area contributed by atoms with Gasteiger partial charge in [-0.25, -0.2) is 0 Å². The van der Waals surface area contributed by atoms with Crippen molar-refractivity contribution in [3.05, 3.63) is 0 Å². The van der Waals surface area contributed by atoms with Gasteiger partial charge in [0.15, 0.2) is 0 Å². The maximum absolute atomic E-state index is 13.2. The summed E-state index contributed by atoms with van der Waals surface area (Å²) in [5, 5.41) is 10.3. The highest BCUT2D eigenvalue weighted by Crippen LogP contribution is 2.82. The third kappa shape index (κ3) is 0.951. The number of carbonyl (C=O) groups excluding carboxylic acids is 1. The van der Waals surface area contributed by atoms with Gasteiger partial charge >= 0.3 is 0 Å². The second-order valence-electron chi connectivity index (χ2n) is 9.92. The van der Waals surface area contributed by atoms with E-state index in [0.717, 1.165) is 65.0 Å². The molecule has 0 unspecified atom stereocenters. The van der Waals surface area contributed by atoms with Gasteiger partial charge in [-0.15, -0.1) is 0 Å². The van der Waals surface area contributed by atoms with Gasteiger partial charge in [-0.3, -0.25) is 4.79 Å². The average molecular weight is 298 g/mol. The maximum Gasteiger partial charge on any atom is 0.139 e. The molecule has 7 aliphatic rings. The second-order valence-corrected chi connectivity index (χ2v) is 9.92. The smallest absolute Gasteiger partial charge is 0.139 e. The molecule has 0 heterocycles. The molecule has 0 aromatic rings. The summed E-state index contributed by atoms with van der Waals surface area (Å²) in [6, 6.07) is 0. The van der Waals surface area contributed by atoms with E-state index in [1.54, 1.807) is 0 Å². The summed E-state index contributed by atoms with van der Waals surface area (Å²) in [5.41, 5.74) is 0. The molecule has 2 nitrogen and oxygen atoms in total. The van der Waals surface area contributed by atoms with Crippen molar-refractivity contribution in [2.75, 3.05) is 6.61 Å². The van der Waals surface area contributed by atoms with Gasteiger partial charge in [0, 0.05) is 18.4 Å². The Kier molecular flexibility index (Phi) is 1.92. The molecule has 1 N–H and O–H groups in total. The van der Waals surface area contributed by atoms with Crippen LogP contribution in [0, 0.1) is 76.9 Å². The third-order valence-electron chi connectivity index (χ3n) is 10.3. The average Bonchev–Trinajstić information content (AvgIpc) is 3.26. The molecule has 0 spiro atoms. The van der Waals surface area contributed by atoms with Crippen molar-refractivity contribution in [1.82, 2.24) is 0 Å². The molecule has 2 heteroatoms. The van der Waals surface area contributed by atoms with Crippen LogP contribution in [-0.4, -0.2) is 17.5 Å². The molecule has 0 amide bonds. The van der Waals surface area contributed by atoms with Crippen LogP contribution >= 0.6 is 0 Å². The van der Waals surface area contributed by atoms with Gasteiger partial charge in [-0.2, -0.15) is 0 Å². The minimum atomic E-state index is 0.442. The Morgan fingerprint density at radius 1 is 0.773 bits per heavy atom. The highest BCUT2D eigenvalue weighted by molar-refractivity contribution is 5.88. The summed E-state index contributed by atoms with van der Waals surface area (Å²) in [6.45, 7) is 0.442. The van der Waals surface area contributed by atoms with Crippen LogP contribution in [-0.2, 0) is 4.79 Å². The predicted molar refractivity (Wildman–Crippen MR) is 80.5 cm³/mol. The number of carbonyl (C=O) groups is 1. The van der Waals surface area contributed by atoms with Crippen LogP contribution in [0.25, 0.3) is 0 Å². The van der Waals surface area contributed by atoms with Crippen molar-refractivity contribution < 1.29 is 9.90 Å². The topological polar surface area (TPSA) is 37.3 Å². The molecule has 0 saturated heterocycles. The molecule has 13 atom stereocenters. The normalized spacial score (nSPS) is 71.7. The molecule has 0 aromatic carbocycles. The SMILES string of the molecule is O=C1[C@@H]2[C@@H]3[C@H]4[C@@H]([C@H](CO)[C@@H]5[C@H]6CCC[C@H]6[C@@H]2[C@H]54)[C@@H]2CC[C@@H]1[C@H]23. The van der Waals surface area contributed by atoms with Crippen LogP contribution in [0.3, 0.4) is 0 Å². The zero-order chi connectivity index (χ0) is 14.3. The standard InChI is InChI=1S/C20H26O2/c21-6-11-12-7-2-1-3-8(7)15-16(12)17-14(11)9-4-5-10-13(9)18(17)19(15)20(10)22/h7-19,21H,1-6H2/t7-,8+,9+,10+,11+,12-,13-,14+,15+,16-,17-,18-,19-/m0/s1. The lowest BCUT2D eigenvalue weighted by Gasteiger charge is -2.31. The minimum Gasteiger partial charge on any atom is -0.396 e. The molecule has 0 aromatic heterocycles. The van der Waals surface area contributed by atoms with Crippen molar-refractivity contribution in [2.45, 2.75) is 32.1 Å². The largest absolute Gasteiger partial charge is 0.396 e. The molecule has 22 heavy (non-hydrogen) atoms. The predicted octanol–water partition coefficient (Wildman–Crippen LogP) is 2.60. The molecule has 0 aliphatic heterocycles. The lowest BCUT2D eigenvalue weighted by Crippen LogP contribution is -2.29. The fourth-order valence-electron chi connectivity index (χ4n) is 10.6. The first kappa shape index (κ1) is 12.1. The Bertz CT molecular complexity index is 578. The molecule has 7 saturated carbocycles. The number of aliphatic hydroxyl groups excluding tert-OH is 1. The Hall–Kier alpha value is -0.370. The lowest BCUT2D eigenvalue weighted by molar-refractivity contribution is -0.126. The molecule has 7 aliphatic carbocycles. The summed E-state index contributed by atoms with van der Waals surface area (Å²) in [4.78, 5) is 13.2. The van der Waals surface area contributed by atoms with Crippen molar-refractivity contribution >= 4 is 5.78 Å². The summed E-state index contributed by atoms with van der Waals surface area (Å²) in [5.74, 6) is 10.4. The van der Waals surface area contributed by atoms with Gasteiger partial charge in [-0.05, 0) is 90.8 Å². The second kappa shape index (κ2) is 3.50. The molecular formula is C20H26O2. The Morgan fingerprint density at radius 2 is 1.50 bits per heavy atom. The van der Waals surface area contributed by atoms with E-state index in [9.17, 15) is 9.90 Å². The fourth-order valence-corrected chi connectivity index (χ4v) is 10.6. The van der Waals surface area contributed by atoms with Crippen LogP contribution in [0.4, 0.5) is 0 Å². The highest BCUT2D eigenvalue weighted by Gasteiger charge is 2.80. The van der Waals surface area contributed by atoms with E-state index < -0.39 is 0 Å². The Morgan fingerprint density at radius 3 is 2.32 bits per heavy atom. The number of Topliss-reactive ketones (excluding diaryl/α,β-unsaturated/α-hetero) is 1. The van der Waals surface area contributed by atoms with Crippen LogP contribution in [0.1, 0.15) is 32.1 Å². The Labute approximate surface area is 132 Å². The van der Waals surface area contributed by atoms with E-state index in [-0.39, 0.29) is 0 Å². The van der Waals surface area contributed by atoms with E-state index in [4.69, 9.17) is 0 Å². The van der Waals surface area contributed by atoms with Gasteiger partial charge in [0.05, 0.1) is 0 Å². The number of aliphatic hydroxyl groups is 1. The van der Waals surface area contributed by atoms with E-state index in [2.05, 4.69) is 0 Å². The number of ketones is 1. The summed E-state index contributed by atoms with van der Waals surface area (Å²) < 4.78 is 0. The minimum absolute atomic E-state index is 0.442. The lowest BCUT2D eigenvalue weighted by atomic mass is 9.75. The number of hydrogen-bond acceptors (Lipinski definition) is 2. The van der Waals surface area contributed by atoms with Crippen LogP contribution < -0.4 is 0 Å². The molecule has 0 bridgehead atoms. The zero-order valence-electron chi connectivity index (χ0n) is 13.1. The third-order valence-corrected chi connectivity index (χ3v) is 10.3. The van der Waals surface area contributed by atoms with Gasteiger partial charge in [-0.1, -0.05) is 6.42 Å². The number of rotatable bonds is 1. The van der Waals surface area contributed by atoms with Gasteiger partial charge in [0.1, 0.15) is 5.78 Å². The van der Waals surface area contributed by atoms with E-state index >= 15 is 0 Å². The monoisotopic (exact) mass is 298 g/mol. The highest BCUT2D eigenvalue weighted by atomic mass is 16.3. The van der Waals surface area contributed by atoms with E-state index in [1.807, 2.05) is 0 Å². The molecule has 7 rings (SSSR count). The van der Waals surface area contributed by atoms with Crippen molar-refractivity contribution in [1.29, 1.82) is 0 Å². The summed E-state index contributed by atoms with van der Waals surface area (Å²) >= 11 is 0. The van der Waals surface area contributed by atoms with Crippen molar-refractivity contribution in [2.24, 2.45) is 76.9 Å². The molecule has 118 valence electrons. The summed E-state index contributed by atoms with van der Waals surface area (Å²) in [6.07, 6.45) is 6.69. The fraction of sp³-hybridized carbons (Fsp3) is 0.950. The van der Waals surface area contributed by atoms with E-state index in [1.165, 1.54) is 32.1 Å². The summed E-state index contributed by atoms with van der Waals surface area (Å²) in [7, 11) is 0. The van der Waals surface area contributed by atoms with Gasteiger partial charge in [0.25, 0.3) is 0 Å². The van der Waals surface area contributed by atoms with Gasteiger partial charge < -0.3 is 5.11 Å². The van der Waals surface area contributed by atoms with E-state index in [0.29, 0.717) is 24.4 Å². The van der Waals surface area contributed by atoms with Crippen LogP contribution in [0.15, 0.2) is 0 Å². The first-order valence-electron chi connectivity index (χ1n) is 9.97. The van der Waals surface area contributed by atoms with Crippen LogP contribution in [0.2, 0.25) is 0 Å². The van der Waals surface area contributed by atoms with Crippen molar-refractivity contribution in [3.63, 3.8) is 0 Å². The first-order valence-corrected chi connectivity index (χ1v) is 9.97. The molecule has 7 fully saturated rings. The quantitative estimate of drug-likeness (QED) is 0.808. The Balaban J connectivity index is 1.47. The molecular weight excluding hydrogens is 272 g/mol. The number of hydrogen-bond donors (Lipinski definition) is 1. The van der Waals surface area contributed by atoms with Gasteiger partial charge in [0.2, 0.25) is 0 Å². The first-order chi connectivity index (χ1) is 10.8. The zero-order valence-corrected chi connectivity index (χ0v) is 13.1. The maximum atomic E-state index is 13.2. The van der Waals surface area contributed by atoms with Crippen LogP contribution in [0.5, 0.6) is 0 Å². The molecule has 0 radical (unpaired) electrons. The van der Waals surface area contributed by atoms with Crippen molar-refractivity contribution in [3.8, 4) is 0 Å².